The van der Waals surface area contributed by atoms with E-state index in [9.17, 15) is 18.0 Å². The van der Waals surface area contributed by atoms with Crippen LogP contribution in [0.1, 0.15) is 6.92 Å². The number of hydrogen-bond donors (Lipinski definition) is 0. The Morgan fingerprint density at radius 3 is 2.58 bits per heavy atom. The van der Waals surface area contributed by atoms with Crippen molar-refractivity contribution in [2.45, 2.75) is 17.9 Å². The first-order valence-corrected chi connectivity index (χ1v) is 9.76. The molecule has 1 atom stereocenters. The van der Waals surface area contributed by atoms with Crippen LogP contribution < -0.4 is 9.64 Å². The van der Waals surface area contributed by atoms with Gasteiger partial charge in [0.05, 0.1) is 17.7 Å². The first-order chi connectivity index (χ1) is 11.2. The summed E-state index contributed by atoms with van der Waals surface area (Å²) in [4.78, 5) is 27.1. The number of amides is 1. The number of fused-ring (bicyclic) bond motifs is 2. The number of rotatable bonds is 2. The number of methoxy groups -OCH3 is 1. The molecule has 1 aliphatic carbocycles. The molecule has 24 heavy (non-hydrogen) atoms. The molecule has 1 aromatic rings. The van der Waals surface area contributed by atoms with Gasteiger partial charge in [-0.3, -0.25) is 14.5 Å². The first kappa shape index (κ1) is 16.8. The van der Waals surface area contributed by atoms with Crippen LogP contribution in [0.5, 0.6) is 5.75 Å². The molecule has 2 aliphatic rings. The molecule has 1 aromatic carbocycles. The van der Waals surface area contributed by atoms with Gasteiger partial charge in [-0.05, 0) is 24.3 Å². The molecule has 0 N–H and O–H groups in total. The Kier molecular flexibility index (Phi) is 4.05. The van der Waals surface area contributed by atoms with Gasteiger partial charge in [0.15, 0.2) is 15.6 Å². The van der Waals surface area contributed by atoms with E-state index in [4.69, 9.17) is 4.74 Å². The number of sulfone groups is 1. The first-order valence-electron chi connectivity index (χ1n) is 7.06. The van der Waals surface area contributed by atoms with Crippen LogP contribution in [0.4, 0.5) is 5.69 Å². The third-order valence-corrected chi connectivity index (χ3v) is 6.31. The average Bonchev–Trinajstić information content (AvgIpc) is 2.51. The van der Waals surface area contributed by atoms with Gasteiger partial charge in [0.2, 0.25) is 5.91 Å². The van der Waals surface area contributed by atoms with Gasteiger partial charge in [-0.2, -0.15) is 0 Å². The lowest BCUT2D eigenvalue weighted by atomic mass is 10.0. The lowest BCUT2D eigenvalue weighted by Crippen LogP contribution is -2.48. The zero-order chi connectivity index (χ0) is 17.6. The molecule has 0 saturated heterocycles. The van der Waals surface area contributed by atoms with E-state index in [1.807, 2.05) is 0 Å². The van der Waals surface area contributed by atoms with E-state index in [0.29, 0.717) is 21.2 Å². The number of thioether (sulfide) groups is 1. The number of ether oxygens (including phenoxy) is 1. The molecule has 1 amide bonds. The van der Waals surface area contributed by atoms with Crippen molar-refractivity contribution in [1.29, 1.82) is 0 Å². The molecule has 0 radical (unpaired) electrons. The molecule has 0 spiro atoms. The molecule has 0 aromatic heterocycles. The van der Waals surface area contributed by atoms with Crippen LogP contribution in [0.15, 0.2) is 45.1 Å². The van der Waals surface area contributed by atoms with Gasteiger partial charge in [0.25, 0.3) is 0 Å². The predicted molar refractivity (Wildman–Crippen MR) is 91.8 cm³/mol. The highest BCUT2D eigenvalue weighted by Crippen LogP contribution is 2.48. The Morgan fingerprint density at radius 2 is 2.00 bits per heavy atom. The summed E-state index contributed by atoms with van der Waals surface area (Å²) in [5, 5.41) is 0. The van der Waals surface area contributed by atoms with Crippen molar-refractivity contribution in [2.24, 2.45) is 0 Å². The molecule has 3 rings (SSSR count). The smallest absolute Gasteiger partial charge is 0.224 e. The number of ketones is 1. The highest BCUT2D eigenvalue weighted by atomic mass is 32.2. The molecule has 0 bridgehead atoms. The van der Waals surface area contributed by atoms with Crippen molar-refractivity contribution in [3.63, 3.8) is 0 Å². The standard InChI is InChI=1S/C16H15NO5S2/c1-9(18)17-11-8-10(22-2)4-6-13(11)23-16-14(24(3,20)21)7-5-12(19)15(16)17/h4-8,15H,1-3H3. The summed E-state index contributed by atoms with van der Waals surface area (Å²) in [5.41, 5.74) is 0.539. The molecule has 1 heterocycles. The molecule has 126 valence electrons. The Bertz CT molecular complexity index is 914. The Hall–Kier alpha value is -2.06. The van der Waals surface area contributed by atoms with Crippen molar-refractivity contribution in [3.05, 3.63) is 40.2 Å². The maximum Gasteiger partial charge on any atom is 0.224 e. The quantitative estimate of drug-likeness (QED) is 0.796. The second-order valence-corrected chi connectivity index (χ2v) is 8.53. The van der Waals surface area contributed by atoms with Crippen LogP contribution >= 0.6 is 11.8 Å². The number of anilines is 1. The van der Waals surface area contributed by atoms with Gasteiger partial charge < -0.3 is 4.74 Å². The fourth-order valence-corrected chi connectivity index (χ4v) is 5.27. The van der Waals surface area contributed by atoms with Crippen molar-refractivity contribution < 1.29 is 22.7 Å². The Morgan fingerprint density at radius 1 is 1.29 bits per heavy atom. The number of hydrogen-bond acceptors (Lipinski definition) is 6. The summed E-state index contributed by atoms with van der Waals surface area (Å²) >= 11 is 1.20. The van der Waals surface area contributed by atoms with E-state index < -0.39 is 15.9 Å². The second-order valence-electron chi connectivity index (χ2n) is 5.46. The summed E-state index contributed by atoms with van der Waals surface area (Å²) in [5.74, 6) is -0.118. The van der Waals surface area contributed by atoms with Gasteiger partial charge in [-0.15, -0.1) is 0 Å². The fourth-order valence-electron chi connectivity index (χ4n) is 2.76. The van der Waals surface area contributed by atoms with E-state index >= 15 is 0 Å². The molecule has 6 nitrogen and oxygen atoms in total. The minimum Gasteiger partial charge on any atom is -0.497 e. The van der Waals surface area contributed by atoms with Crippen molar-refractivity contribution in [2.75, 3.05) is 18.3 Å². The van der Waals surface area contributed by atoms with Crippen LogP contribution in [0.2, 0.25) is 0 Å². The van der Waals surface area contributed by atoms with Crippen LogP contribution in [0.25, 0.3) is 0 Å². The minimum atomic E-state index is -3.53. The third-order valence-electron chi connectivity index (χ3n) is 3.80. The predicted octanol–water partition coefficient (Wildman–Crippen LogP) is 1.92. The SMILES string of the molecule is COc1ccc2c(c1)N(C(C)=O)C1C(=O)C=CC(S(C)(=O)=O)=C1S2. The molecule has 0 saturated carbocycles. The molecule has 0 fully saturated rings. The highest BCUT2D eigenvalue weighted by Gasteiger charge is 2.42. The second kappa shape index (κ2) is 5.78. The Balaban J connectivity index is 2.29. The van der Waals surface area contributed by atoms with Gasteiger partial charge in [-0.25, -0.2) is 8.42 Å². The lowest BCUT2D eigenvalue weighted by Gasteiger charge is -2.38. The van der Waals surface area contributed by atoms with Crippen molar-refractivity contribution in [1.82, 2.24) is 0 Å². The maximum atomic E-state index is 12.4. The van der Waals surface area contributed by atoms with Gasteiger partial charge >= 0.3 is 0 Å². The monoisotopic (exact) mass is 365 g/mol. The topological polar surface area (TPSA) is 80.8 Å². The third kappa shape index (κ3) is 2.65. The number of allylic oxidation sites excluding steroid dienone is 1. The number of benzene rings is 1. The van der Waals surface area contributed by atoms with E-state index in [-0.39, 0.29) is 16.6 Å². The summed E-state index contributed by atoms with van der Waals surface area (Å²) in [6.07, 6.45) is 3.62. The van der Waals surface area contributed by atoms with Crippen LogP contribution in [-0.4, -0.2) is 39.5 Å². The van der Waals surface area contributed by atoms with Crippen LogP contribution in [0, 0.1) is 0 Å². The molecule has 1 unspecified atom stereocenters. The number of carbonyl (C=O) groups excluding carboxylic acids is 2. The van der Waals surface area contributed by atoms with E-state index in [2.05, 4.69) is 0 Å². The summed E-state index contributed by atoms with van der Waals surface area (Å²) in [6.45, 7) is 1.35. The molecular formula is C16H15NO5S2. The largest absolute Gasteiger partial charge is 0.497 e. The van der Waals surface area contributed by atoms with E-state index in [1.165, 1.54) is 42.8 Å². The highest BCUT2D eigenvalue weighted by molar-refractivity contribution is 8.04. The summed E-state index contributed by atoms with van der Waals surface area (Å²) < 4.78 is 29.4. The fraction of sp³-hybridized carbons (Fsp3) is 0.250. The molecule has 1 aliphatic heterocycles. The average molecular weight is 365 g/mol. The normalized spacial score (nSPS) is 19.9. The summed E-state index contributed by atoms with van der Waals surface area (Å²) in [6, 6.07) is 4.19. The van der Waals surface area contributed by atoms with Gasteiger partial charge in [0, 0.05) is 29.0 Å². The number of nitrogens with zero attached hydrogens (tertiary/aromatic N) is 1. The zero-order valence-corrected chi connectivity index (χ0v) is 14.9. The van der Waals surface area contributed by atoms with Gasteiger partial charge in [0.1, 0.15) is 11.8 Å². The van der Waals surface area contributed by atoms with Crippen molar-refractivity contribution >= 4 is 39.0 Å². The van der Waals surface area contributed by atoms with Crippen molar-refractivity contribution in [3.8, 4) is 5.75 Å². The molecular weight excluding hydrogens is 350 g/mol. The van der Waals surface area contributed by atoms with Gasteiger partial charge in [-0.1, -0.05) is 11.8 Å². The lowest BCUT2D eigenvalue weighted by molar-refractivity contribution is -0.121. The summed E-state index contributed by atoms with van der Waals surface area (Å²) in [7, 11) is -2.02. The molecule has 8 heteroatoms. The maximum absolute atomic E-state index is 12.4. The number of carbonyl (C=O) groups is 2. The van der Waals surface area contributed by atoms with Crippen LogP contribution in [-0.2, 0) is 19.4 Å². The minimum absolute atomic E-state index is 0.0739. The van der Waals surface area contributed by atoms with E-state index in [0.717, 1.165) is 6.26 Å². The zero-order valence-electron chi connectivity index (χ0n) is 13.3. The van der Waals surface area contributed by atoms with E-state index in [1.54, 1.807) is 18.2 Å². The Labute approximate surface area is 144 Å². The van der Waals surface area contributed by atoms with Crippen LogP contribution in [0.3, 0.4) is 0 Å².